The molecule has 0 radical (unpaired) electrons. The highest BCUT2D eigenvalue weighted by Gasteiger charge is 2.11. The average molecular weight is 271 g/mol. The Morgan fingerprint density at radius 3 is 2.30 bits per heavy atom. The predicted molar refractivity (Wildman–Crippen MR) is 82.4 cm³/mol. The van der Waals surface area contributed by atoms with Crippen LogP contribution in [-0.2, 0) is 6.42 Å². The van der Waals surface area contributed by atoms with E-state index < -0.39 is 0 Å². The topological polar surface area (TPSA) is 12.0 Å². The van der Waals surface area contributed by atoms with E-state index >= 15 is 0 Å². The molecule has 20 heavy (non-hydrogen) atoms. The zero-order valence-corrected chi connectivity index (χ0v) is 12.4. The van der Waals surface area contributed by atoms with Crippen molar-refractivity contribution in [1.82, 2.24) is 5.32 Å². The number of nitrogens with one attached hydrogen (secondary N) is 1. The Balaban J connectivity index is 2.20. The largest absolute Gasteiger partial charge is 0.310 e. The summed E-state index contributed by atoms with van der Waals surface area (Å²) in [5.74, 6) is -0.185. The second kappa shape index (κ2) is 6.67. The van der Waals surface area contributed by atoms with Gasteiger partial charge in [-0.3, -0.25) is 0 Å². The lowest BCUT2D eigenvalue weighted by Crippen LogP contribution is -2.23. The van der Waals surface area contributed by atoms with E-state index in [4.69, 9.17) is 0 Å². The summed E-state index contributed by atoms with van der Waals surface area (Å²) in [5.41, 5.74) is 5.07. The first-order valence-electron chi connectivity index (χ1n) is 7.15. The van der Waals surface area contributed by atoms with Gasteiger partial charge in [0.25, 0.3) is 0 Å². The molecule has 1 N–H and O–H groups in total. The Hall–Kier alpha value is -1.67. The fraction of sp³-hybridized carbons (Fsp3) is 0.333. The molecule has 0 saturated carbocycles. The highest BCUT2D eigenvalue weighted by atomic mass is 19.1. The molecule has 106 valence electrons. The Bertz CT molecular complexity index is 560. The summed E-state index contributed by atoms with van der Waals surface area (Å²) in [7, 11) is 0. The van der Waals surface area contributed by atoms with Gasteiger partial charge in [-0.1, -0.05) is 37.3 Å². The maximum atomic E-state index is 13.0. The van der Waals surface area contributed by atoms with Crippen LogP contribution < -0.4 is 5.32 Å². The molecular formula is C18H22FN. The van der Waals surface area contributed by atoms with Crippen molar-refractivity contribution in [3.63, 3.8) is 0 Å². The standard InChI is InChI=1S/C18H22FN/c1-4-20-18(16-7-9-17(19)10-8-16)12-15-6-5-13(2)14(3)11-15/h5-11,18,20H,4,12H2,1-3H3. The Morgan fingerprint density at radius 1 is 1.00 bits per heavy atom. The molecule has 2 heteroatoms. The zero-order chi connectivity index (χ0) is 14.5. The van der Waals surface area contributed by atoms with Crippen molar-refractivity contribution in [2.75, 3.05) is 6.54 Å². The summed E-state index contributed by atoms with van der Waals surface area (Å²) in [6, 6.07) is 13.6. The molecule has 2 rings (SSSR count). The summed E-state index contributed by atoms with van der Waals surface area (Å²) in [6.45, 7) is 7.25. The minimum absolute atomic E-state index is 0.185. The lowest BCUT2D eigenvalue weighted by Gasteiger charge is -2.19. The minimum atomic E-state index is -0.185. The first-order valence-corrected chi connectivity index (χ1v) is 7.15. The molecule has 0 bridgehead atoms. The molecule has 0 aliphatic rings. The average Bonchev–Trinajstić information content (AvgIpc) is 2.43. The molecule has 0 heterocycles. The van der Waals surface area contributed by atoms with E-state index in [9.17, 15) is 4.39 Å². The van der Waals surface area contributed by atoms with E-state index in [-0.39, 0.29) is 11.9 Å². The predicted octanol–water partition coefficient (Wildman–Crippen LogP) is 4.34. The lowest BCUT2D eigenvalue weighted by atomic mass is 9.96. The molecule has 1 atom stereocenters. The van der Waals surface area contributed by atoms with Crippen LogP contribution in [0.25, 0.3) is 0 Å². The summed E-state index contributed by atoms with van der Waals surface area (Å²) in [4.78, 5) is 0. The number of halogens is 1. The van der Waals surface area contributed by atoms with E-state index in [0.29, 0.717) is 0 Å². The molecule has 1 unspecified atom stereocenters. The van der Waals surface area contributed by atoms with Gasteiger partial charge in [-0.25, -0.2) is 4.39 Å². The lowest BCUT2D eigenvalue weighted by molar-refractivity contribution is 0.547. The third kappa shape index (κ3) is 3.67. The van der Waals surface area contributed by atoms with Gasteiger partial charge in [-0.05, 0) is 61.2 Å². The van der Waals surface area contributed by atoms with Gasteiger partial charge in [-0.2, -0.15) is 0 Å². The molecule has 0 fully saturated rings. The number of hydrogen-bond donors (Lipinski definition) is 1. The van der Waals surface area contributed by atoms with Crippen molar-refractivity contribution < 1.29 is 4.39 Å². The van der Waals surface area contributed by atoms with Crippen molar-refractivity contribution in [3.05, 3.63) is 70.5 Å². The molecule has 0 saturated heterocycles. The number of aryl methyl sites for hydroxylation is 2. The van der Waals surface area contributed by atoms with Crippen molar-refractivity contribution in [2.24, 2.45) is 0 Å². The molecule has 2 aromatic rings. The van der Waals surface area contributed by atoms with Gasteiger partial charge in [0.05, 0.1) is 0 Å². The van der Waals surface area contributed by atoms with Crippen LogP contribution in [0.1, 0.15) is 35.2 Å². The van der Waals surface area contributed by atoms with Crippen LogP contribution in [-0.4, -0.2) is 6.54 Å². The quantitative estimate of drug-likeness (QED) is 0.853. The normalized spacial score (nSPS) is 12.4. The van der Waals surface area contributed by atoms with Crippen LogP contribution in [0, 0.1) is 19.7 Å². The Kier molecular flexibility index (Phi) is 4.91. The maximum Gasteiger partial charge on any atom is 0.123 e. The third-order valence-electron chi connectivity index (χ3n) is 3.73. The highest BCUT2D eigenvalue weighted by Crippen LogP contribution is 2.20. The number of rotatable bonds is 5. The SMILES string of the molecule is CCNC(Cc1ccc(C)c(C)c1)c1ccc(F)cc1. The molecular weight excluding hydrogens is 249 g/mol. The smallest absolute Gasteiger partial charge is 0.123 e. The fourth-order valence-electron chi connectivity index (χ4n) is 2.42. The summed E-state index contributed by atoms with van der Waals surface area (Å²) < 4.78 is 13.0. The molecule has 2 aromatic carbocycles. The van der Waals surface area contributed by atoms with Crippen LogP contribution in [0.3, 0.4) is 0 Å². The van der Waals surface area contributed by atoms with Gasteiger partial charge >= 0.3 is 0 Å². The molecule has 0 spiro atoms. The summed E-state index contributed by atoms with van der Waals surface area (Å²) in [5, 5.41) is 3.48. The van der Waals surface area contributed by atoms with Gasteiger partial charge in [0.15, 0.2) is 0 Å². The van der Waals surface area contributed by atoms with E-state index in [1.807, 2.05) is 12.1 Å². The Morgan fingerprint density at radius 2 is 1.70 bits per heavy atom. The summed E-state index contributed by atoms with van der Waals surface area (Å²) in [6.07, 6.45) is 0.917. The molecule has 0 aromatic heterocycles. The van der Waals surface area contributed by atoms with Crippen molar-refractivity contribution in [2.45, 2.75) is 33.2 Å². The molecule has 0 aliphatic carbocycles. The van der Waals surface area contributed by atoms with Crippen LogP contribution in [0.15, 0.2) is 42.5 Å². The first kappa shape index (κ1) is 14.7. The third-order valence-corrected chi connectivity index (χ3v) is 3.73. The van der Waals surface area contributed by atoms with E-state index in [1.54, 1.807) is 0 Å². The van der Waals surface area contributed by atoms with Gasteiger partial charge in [0.2, 0.25) is 0 Å². The molecule has 1 nitrogen and oxygen atoms in total. The van der Waals surface area contributed by atoms with Crippen molar-refractivity contribution in [1.29, 1.82) is 0 Å². The number of hydrogen-bond acceptors (Lipinski definition) is 1. The van der Waals surface area contributed by atoms with Crippen molar-refractivity contribution in [3.8, 4) is 0 Å². The van der Waals surface area contributed by atoms with Crippen LogP contribution >= 0.6 is 0 Å². The number of benzene rings is 2. The van der Waals surface area contributed by atoms with Gasteiger partial charge in [0, 0.05) is 6.04 Å². The van der Waals surface area contributed by atoms with Gasteiger partial charge in [0.1, 0.15) is 5.82 Å². The fourth-order valence-corrected chi connectivity index (χ4v) is 2.42. The Labute approximate surface area is 120 Å². The zero-order valence-electron chi connectivity index (χ0n) is 12.4. The van der Waals surface area contributed by atoms with E-state index in [0.717, 1.165) is 18.5 Å². The van der Waals surface area contributed by atoms with Crippen LogP contribution in [0.5, 0.6) is 0 Å². The monoisotopic (exact) mass is 271 g/mol. The highest BCUT2D eigenvalue weighted by molar-refractivity contribution is 5.31. The van der Waals surface area contributed by atoms with Gasteiger partial charge < -0.3 is 5.32 Å². The molecule has 0 aliphatic heterocycles. The van der Waals surface area contributed by atoms with Crippen molar-refractivity contribution >= 4 is 0 Å². The van der Waals surface area contributed by atoms with Crippen LogP contribution in [0.4, 0.5) is 4.39 Å². The van der Waals surface area contributed by atoms with Crippen LogP contribution in [0.2, 0.25) is 0 Å². The maximum absolute atomic E-state index is 13.0. The first-order chi connectivity index (χ1) is 9.60. The molecule has 0 amide bonds. The van der Waals surface area contributed by atoms with E-state index in [1.165, 1.54) is 28.8 Å². The second-order valence-corrected chi connectivity index (χ2v) is 5.28. The van der Waals surface area contributed by atoms with Gasteiger partial charge in [-0.15, -0.1) is 0 Å². The minimum Gasteiger partial charge on any atom is -0.310 e. The second-order valence-electron chi connectivity index (χ2n) is 5.28. The number of likely N-dealkylation sites (N-methyl/N-ethyl adjacent to an activating group) is 1. The summed E-state index contributed by atoms with van der Waals surface area (Å²) >= 11 is 0. The van der Waals surface area contributed by atoms with E-state index in [2.05, 4.69) is 44.3 Å².